The smallest absolute Gasteiger partial charge is 0.242 e. The second kappa shape index (κ2) is 7.70. The van der Waals surface area contributed by atoms with Crippen LogP contribution in [0.1, 0.15) is 18.6 Å². The zero-order chi connectivity index (χ0) is 17.0. The van der Waals surface area contributed by atoms with E-state index >= 15 is 0 Å². The summed E-state index contributed by atoms with van der Waals surface area (Å²) in [5.41, 5.74) is 0. The lowest BCUT2D eigenvalue weighted by atomic mass is 9.97. The predicted octanol–water partition coefficient (Wildman–Crippen LogP) is 3.12. The quantitative estimate of drug-likeness (QED) is 0.850. The van der Waals surface area contributed by atoms with Gasteiger partial charge in [0.2, 0.25) is 10.0 Å². The van der Waals surface area contributed by atoms with Gasteiger partial charge in [-0.3, -0.25) is 4.90 Å². The second-order valence-corrected chi connectivity index (χ2v) is 8.22. The lowest BCUT2D eigenvalue weighted by Gasteiger charge is -2.31. The van der Waals surface area contributed by atoms with Crippen molar-refractivity contribution < 1.29 is 12.8 Å². The third kappa shape index (κ3) is 4.39. The second-order valence-electron chi connectivity index (χ2n) is 6.08. The number of benzene rings is 1. The molecule has 1 aliphatic rings. The minimum atomic E-state index is -3.56. The van der Waals surface area contributed by atoms with Crippen molar-refractivity contribution in [3.8, 4) is 0 Å². The van der Waals surface area contributed by atoms with Crippen LogP contribution in [0, 0.1) is 5.92 Å². The van der Waals surface area contributed by atoms with Gasteiger partial charge in [0.15, 0.2) is 0 Å². The summed E-state index contributed by atoms with van der Waals surface area (Å²) in [6.45, 7) is 3.14. The van der Waals surface area contributed by atoms with Crippen LogP contribution in [0.25, 0.3) is 0 Å². The Hall–Kier alpha value is -1.34. The molecule has 1 fully saturated rings. The van der Waals surface area contributed by atoms with Crippen LogP contribution in [-0.4, -0.2) is 33.0 Å². The summed E-state index contributed by atoms with van der Waals surface area (Å²) >= 11 is 5.98. The van der Waals surface area contributed by atoms with Crippen molar-refractivity contribution in [1.82, 2.24) is 9.62 Å². The van der Waals surface area contributed by atoms with E-state index in [4.69, 9.17) is 16.0 Å². The van der Waals surface area contributed by atoms with Gasteiger partial charge in [0.05, 0.1) is 17.8 Å². The lowest BCUT2D eigenvalue weighted by Crippen LogP contribution is -2.38. The minimum Gasteiger partial charge on any atom is -0.468 e. The molecule has 7 heteroatoms. The van der Waals surface area contributed by atoms with E-state index in [-0.39, 0.29) is 9.92 Å². The molecule has 0 unspecified atom stereocenters. The van der Waals surface area contributed by atoms with Crippen LogP contribution in [0.15, 0.2) is 52.0 Å². The summed E-state index contributed by atoms with van der Waals surface area (Å²) in [5.74, 6) is 1.31. The number of nitrogens with one attached hydrogen (secondary N) is 1. The minimum absolute atomic E-state index is 0.141. The molecular weight excluding hydrogens is 348 g/mol. The summed E-state index contributed by atoms with van der Waals surface area (Å²) in [7, 11) is -3.56. The van der Waals surface area contributed by atoms with Crippen LogP contribution in [0.3, 0.4) is 0 Å². The van der Waals surface area contributed by atoms with E-state index in [1.807, 2.05) is 12.1 Å². The highest BCUT2D eigenvalue weighted by Crippen LogP contribution is 2.22. The molecule has 130 valence electrons. The lowest BCUT2D eigenvalue weighted by molar-refractivity contribution is 0.168. The number of sulfonamides is 1. The molecule has 5 nitrogen and oxygen atoms in total. The summed E-state index contributed by atoms with van der Waals surface area (Å²) in [4.78, 5) is 2.47. The van der Waals surface area contributed by atoms with E-state index in [1.165, 1.54) is 6.07 Å². The van der Waals surface area contributed by atoms with Gasteiger partial charge in [-0.05, 0) is 56.1 Å². The molecule has 1 N–H and O–H groups in total. The van der Waals surface area contributed by atoms with Crippen LogP contribution in [0.5, 0.6) is 0 Å². The molecule has 0 aliphatic carbocycles. The number of furan rings is 1. The van der Waals surface area contributed by atoms with E-state index in [1.54, 1.807) is 24.5 Å². The normalized spacial score (nSPS) is 17.2. The fraction of sp³-hybridized carbons (Fsp3) is 0.412. The standard InChI is InChI=1S/C17H21ClN2O3S/c18-16-5-1-2-6-17(16)24(21,22)19-12-14-7-9-20(10-8-14)13-15-4-3-11-23-15/h1-6,11,14,19H,7-10,12-13H2. The molecule has 0 radical (unpaired) electrons. The van der Waals surface area contributed by atoms with Crippen molar-refractivity contribution in [2.75, 3.05) is 19.6 Å². The molecule has 0 amide bonds. The largest absolute Gasteiger partial charge is 0.468 e. The van der Waals surface area contributed by atoms with Crippen molar-refractivity contribution in [3.05, 3.63) is 53.4 Å². The Kier molecular flexibility index (Phi) is 5.61. The first kappa shape index (κ1) is 17.5. The zero-order valence-corrected chi connectivity index (χ0v) is 14.9. The summed E-state index contributed by atoms with van der Waals surface area (Å²) in [6.07, 6.45) is 3.61. The maximum Gasteiger partial charge on any atom is 0.242 e. The third-order valence-electron chi connectivity index (χ3n) is 4.35. The highest BCUT2D eigenvalue weighted by atomic mass is 35.5. The van der Waals surface area contributed by atoms with Gasteiger partial charge in [0, 0.05) is 6.54 Å². The van der Waals surface area contributed by atoms with Gasteiger partial charge in [0.1, 0.15) is 10.7 Å². The highest BCUT2D eigenvalue weighted by Gasteiger charge is 2.23. The van der Waals surface area contributed by atoms with Gasteiger partial charge in [-0.15, -0.1) is 0 Å². The van der Waals surface area contributed by atoms with Gasteiger partial charge in [-0.2, -0.15) is 0 Å². The summed E-state index contributed by atoms with van der Waals surface area (Å²) in [6, 6.07) is 10.4. The molecule has 1 aromatic heterocycles. The van der Waals surface area contributed by atoms with Crippen molar-refractivity contribution in [2.24, 2.45) is 5.92 Å². The molecule has 1 aromatic carbocycles. The van der Waals surface area contributed by atoms with Gasteiger partial charge in [-0.1, -0.05) is 23.7 Å². The maximum atomic E-state index is 12.4. The molecule has 0 saturated carbocycles. The van der Waals surface area contributed by atoms with Crippen molar-refractivity contribution >= 4 is 21.6 Å². The van der Waals surface area contributed by atoms with E-state index in [0.29, 0.717) is 12.5 Å². The Morgan fingerprint density at radius 1 is 1.17 bits per heavy atom. The number of likely N-dealkylation sites (tertiary alicyclic amines) is 1. The van der Waals surface area contributed by atoms with Crippen molar-refractivity contribution in [1.29, 1.82) is 0 Å². The van der Waals surface area contributed by atoms with E-state index in [2.05, 4.69) is 9.62 Å². The van der Waals surface area contributed by atoms with Crippen LogP contribution in [0.2, 0.25) is 5.02 Å². The highest BCUT2D eigenvalue weighted by molar-refractivity contribution is 7.89. The molecule has 0 atom stereocenters. The van der Waals surface area contributed by atoms with Crippen LogP contribution >= 0.6 is 11.6 Å². The molecule has 1 saturated heterocycles. The van der Waals surface area contributed by atoms with Gasteiger partial charge < -0.3 is 4.42 Å². The van der Waals surface area contributed by atoms with Crippen LogP contribution < -0.4 is 4.72 Å². The molecule has 3 rings (SSSR count). The molecular formula is C17H21ClN2O3S. The van der Waals surface area contributed by atoms with E-state index < -0.39 is 10.0 Å². The van der Waals surface area contributed by atoms with E-state index in [0.717, 1.165) is 38.2 Å². The Morgan fingerprint density at radius 3 is 2.58 bits per heavy atom. The SMILES string of the molecule is O=S(=O)(NCC1CCN(Cc2ccco2)CC1)c1ccccc1Cl. The van der Waals surface area contributed by atoms with Gasteiger partial charge in [0.25, 0.3) is 0 Å². The van der Waals surface area contributed by atoms with Crippen LogP contribution in [0.4, 0.5) is 0 Å². The first-order valence-electron chi connectivity index (χ1n) is 8.03. The Balaban J connectivity index is 1.49. The fourth-order valence-electron chi connectivity index (χ4n) is 2.94. The van der Waals surface area contributed by atoms with Gasteiger partial charge in [-0.25, -0.2) is 13.1 Å². The molecule has 0 spiro atoms. The zero-order valence-electron chi connectivity index (χ0n) is 13.3. The average molecular weight is 369 g/mol. The first-order valence-corrected chi connectivity index (χ1v) is 9.89. The Labute approximate surface area is 147 Å². The summed E-state index contributed by atoms with van der Waals surface area (Å²) in [5, 5.41) is 0.248. The number of nitrogens with zero attached hydrogens (tertiary/aromatic N) is 1. The van der Waals surface area contributed by atoms with Crippen molar-refractivity contribution in [3.63, 3.8) is 0 Å². The topological polar surface area (TPSA) is 62.6 Å². The molecule has 1 aliphatic heterocycles. The number of rotatable bonds is 6. The first-order chi connectivity index (χ1) is 11.5. The summed E-state index contributed by atoms with van der Waals surface area (Å²) < 4.78 is 32.8. The molecule has 24 heavy (non-hydrogen) atoms. The number of hydrogen-bond acceptors (Lipinski definition) is 4. The molecule has 2 aromatic rings. The average Bonchev–Trinajstić information content (AvgIpc) is 3.07. The Bertz CT molecular complexity index is 754. The molecule has 2 heterocycles. The predicted molar refractivity (Wildman–Crippen MR) is 93.3 cm³/mol. The number of halogens is 1. The van der Waals surface area contributed by atoms with Crippen molar-refractivity contribution in [2.45, 2.75) is 24.3 Å². The van der Waals surface area contributed by atoms with Crippen LogP contribution in [-0.2, 0) is 16.6 Å². The fourth-order valence-corrected chi connectivity index (χ4v) is 4.57. The third-order valence-corrected chi connectivity index (χ3v) is 6.28. The monoisotopic (exact) mass is 368 g/mol. The maximum absolute atomic E-state index is 12.4. The van der Waals surface area contributed by atoms with E-state index in [9.17, 15) is 8.42 Å². The van der Waals surface area contributed by atoms with Gasteiger partial charge >= 0.3 is 0 Å². The Morgan fingerprint density at radius 2 is 1.92 bits per heavy atom. The number of piperidine rings is 1. The number of hydrogen-bond donors (Lipinski definition) is 1. The molecule has 0 bridgehead atoms.